The third-order valence-corrected chi connectivity index (χ3v) is 6.64. The fourth-order valence-corrected chi connectivity index (χ4v) is 4.56. The number of carbonyl (C=O) groups excluding carboxylic acids is 1. The van der Waals surface area contributed by atoms with E-state index in [-0.39, 0.29) is 23.2 Å². The number of benzene rings is 1. The number of sulfonamides is 1. The number of ether oxygens (including phenoxy) is 1. The summed E-state index contributed by atoms with van der Waals surface area (Å²) in [6, 6.07) is 6.65. The Morgan fingerprint density at radius 3 is 2.52 bits per heavy atom. The molecule has 2 fully saturated rings. The van der Waals surface area contributed by atoms with Crippen LogP contribution in [-0.2, 0) is 19.6 Å². The standard InChI is InChI=1S/C17H26N4O4S.ClH/c1-14-12-18-6-7-20(14)13-17(22)19-15-2-4-16(5-3-15)26(23,24)21-8-10-25-11-9-21;/h2-5,14,18H,6-13H2,1H3,(H,19,22);1H/t14-;/m1./s1. The van der Waals surface area contributed by atoms with E-state index < -0.39 is 10.0 Å². The highest BCUT2D eigenvalue weighted by atomic mass is 35.5. The molecule has 1 aromatic carbocycles. The average molecular weight is 419 g/mol. The van der Waals surface area contributed by atoms with E-state index in [9.17, 15) is 13.2 Å². The summed E-state index contributed by atoms with van der Waals surface area (Å²) in [5, 5.41) is 6.13. The molecule has 2 heterocycles. The molecule has 0 bridgehead atoms. The summed E-state index contributed by atoms with van der Waals surface area (Å²) < 4.78 is 31.8. The van der Waals surface area contributed by atoms with Gasteiger partial charge in [0.25, 0.3) is 0 Å². The number of amides is 1. The Labute approximate surface area is 166 Å². The summed E-state index contributed by atoms with van der Waals surface area (Å²) in [5.74, 6) is -0.0949. The maximum atomic E-state index is 12.6. The lowest BCUT2D eigenvalue weighted by molar-refractivity contribution is -0.118. The summed E-state index contributed by atoms with van der Waals surface area (Å²) in [5.41, 5.74) is 0.596. The summed E-state index contributed by atoms with van der Waals surface area (Å²) in [6.07, 6.45) is 0. The summed E-state index contributed by atoms with van der Waals surface area (Å²) in [4.78, 5) is 14.6. The monoisotopic (exact) mass is 418 g/mol. The Morgan fingerprint density at radius 2 is 1.89 bits per heavy atom. The minimum atomic E-state index is -3.51. The fraction of sp³-hybridized carbons (Fsp3) is 0.588. The lowest BCUT2D eigenvalue weighted by atomic mass is 10.2. The SMILES string of the molecule is C[C@@H]1CNCCN1CC(=O)Nc1ccc(S(=O)(=O)N2CCOCC2)cc1.Cl. The zero-order chi connectivity index (χ0) is 18.6. The first-order valence-corrected chi connectivity index (χ1v) is 10.3. The van der Waals surface area contributed by atoms with Crippen molar-refractivity contribution >= 4 is 34.0 Å². The van der Waals surface area contributed by atoms with Crippen molar-refractivity contribution in [3.8, 4) is 0 Å². The lowest BCUT2D eigenvalue weighted by Crippen LogP contribution is -2.51. The molecule has 2 saturated heterocycles. The van der Waals surface area contributed by atoms with Gasteiger partial charge >= 0.3 is 0 Å². The van der Waals surface area contributed by atoms with Crippen LogP contribution in [0.5, 0.6) is 0 Å². The minimum absolute atomic E-state index is 0. The van der Waals surface area contributed by atoms with Crippen molar-refractivity contribution in [2.75, 3.05) is 57.8 Å². The second-order valence-corrected chi connectivity index (χ2v) is 8.55. The van der Waals surface area contributed by atoms with Crippen molar-refractivity contribution in [2.24, 2.45) is 0 Å². The van der Waals surface area contributed by atoms with Crippen LogP contribution in [0.3, 0.4) is 0 Å². The van der Waals surface area contributed by atoms with Crippen molar-refractivity contribution in [1.82, 2.24) is 14.5 Å². The quantitative estimate of drug-likeness (QED) is 0.717. The molecule has 0 aromatic heterocycles. The molecular formula is C17H27ClN4O4S. The topological polar surface area (TPSA) is 91.0 Å². The number of hydrogen-bond acceptors (Lipinski definition) is 6. The molecule has 3 rings (SSSR count). The molecule has 2 aliphatic heterocycles. The van der Waals surface area contributed by atoms with E-state index in [2.05, 4.69) is 22.5 Å². The van der Waals surface area contributed by atoms with E-state index in [1.54, 1.807) is 12.1 Å². The Kier molecular flexibility index (Phi) is 8.02. The predicted molar refractivity (Wildman–Crippen MR) is 106 cm³/mol. The fourth-order valence-electron chi connectivity index (χ4n) is 3.15. The first-order valence-electron chi connectivity index (χ1n) is 8.89. The number of morpholine rings is 1. The van der Waals surface area contributed by atoms with Gasteiger partial charge in [0.15, 0.2) is 0 Å². The van der Waals surface area contributed by atoms with E-state index >= 15 is 0 Å². The number of anilines is 1. The Bertz CT molecular complexity index is 723. The minimum Gasteiger partial charge on any atom is -0.379 e. The van der Waals surface area contributed by atoms with E-state index in [1.807, 2.05) is 0 Å². The zero-order valence-corrected chi connectivity index (χ0v) is 17.0. The predicted octanol–water partition coefficient (Wildman–Crippen LogP) is 0.362. The molecule has 152 valence electrons. The van der Waals surface area contributed by atoms with Gasteiger partial charge in [-0.05, 0) is 31.2 Å². The number of nitrogens with one attached hydrogen (secondary N) is 2. The van der Waals surface area contributed by atoms with Gasteiger partial charge in [0, 0.05) is 44.5 Å². The van der Waals surface area contributed by atoms with Crippen LogP contribution >= 0.6 is 12.4 Å². The molecule has 1 atom stereocenters. The van der Waals surface area contributed by atoms with Gasteiger partial charge < -0.3 is 15.4 Å². The van der Waals surface area contributed by atoms with Crippen molar-refractivity contribution in [3.05, 3.63) is 24.3 Å². The number of piperazine rings is 1. The van der Waals surface area contributed by atoms with E-state index in [1.165, 1.54) is 16.4 Å². The number of halogens is 1. The maximum absolute atomic E-state index is 12.6. The van der Waals surface area contributed by atoms with Gasteiger partial charge in [-0.1, -0.05) is 0 Å². The van der Waals surface area contributed by atoms with Gasteiger partial charge in [-0.2, -0.15) is 4.31 Å². The van der Waals surface area contributed by atoms with Crippen LogP contribution in [0.25, 0.3) is 0 Å². The summed E-state index contributed by atoms with van der Waals surface area (Å²) in [6.45, 7) is 6.57. The molecule has 0 radical (unpaired) electrons. The lowest BCUT2D eigenvalue weighted by Gasteiger charge is -2.33. The third-order valence-electron chi connectivity index (χ3n) is 4.73. The molecule has 0 aliphatic carbocycles. The maximum Gasteiger partial charge on any atom is 0.243 e. The Balaban J connectivity index is 0.00000261. The molecule has 27 heavy (non-hydrogen) atoms. The second kappa shape index (κ2) is 9.81. The molecule has 0 unspecified atom stereocenters. The molecule has 10 heteroatoms. The average Bonchev–Trinajstić information content (AvgIpc) is 2.65. The number of carbonyl (C=O) groups is 1. The summed E-state index contributed by atoms with van der Waals surface area (Å²) >= 11 is 0. The Morgan fingerprint density at radius 1 is 1.22 bits per heavy atom. The smallest absolute Gasteiger partial charge is 0.243 e. The number of rotatable bonds is 5. The van der Waals surface area contributed by atoms with Crippen molar-refractivity contribution in [3.63, 3.8) is 0 Å². The Hall–Kier alpha value is -1.23. The second-order valence-electron chi connectivity index (χ2n) is 6.61. The van der Waals surface area contributed by atoms with Crippen LogP contribution in [0.4, 0.5) is 5.69 Å². The highest BCUT2D eigenvalue weighted by molar-refractivity contribution is 7.89. The van der Waals surface area contributed by atoms with Crippen LogP contribution in [-0.4, -0.2) is 82.1 Å². The molecular weight excluding hydrogens is 392 g/mol. The molecule has 1 aromatic rings. The van der Waals surface area contributed by atoms with Gasteiger partial charge in [-0.25, -0.2) is 8.42 Å². The molecule has 8 nitrogen and oxygen atoms in total. The van der Waals surface area contributed by atoms with Crippen LogP contribution in [0.1, 0.15) is 6.92 Å². The normalized spacial score (nSPS) is 22.0. The molecule has 1 amide bonds. The van der Waals surface area contributed by atoms with Crippen molar-refractivity contribution in [2.45, 2.75) is 17.9 Å². The highest BCUT2D eigenvalue weighted by Gasteiger charge is 2.26. The molecule has 0 saturated carbocycles. The highest BCUT2D eigenvalue weighted by Crippen LogP contribution is 2.19. The van der Waals surface area contributed by atoms with Crippen LogP contribution < -0.4 is 10.6 Å². The first-order chi connectivity index (χ1) is 12.5. The van der Waals surface area contributed by atoms with E-state index in [4.69, 9.17) is 4.74 Å². The van der Waals surface area contributed by atoms with Crippen molar-refractivity contribution < 1.29 is 17.9 Å². The summed E-state index contributed by atoms with van der Waals surface area (Å²) in [7, 11) is -3.51. The van der Waals surface area contributed by atoms with Crippen LogP contribution in [0.2, 0.25) is 0 Å². The van der Waals surface area contributed by atoms with Gasteiger partial charge in [0.2, 0.25) is 15.9 Å². The van der Waals surface area contributed by atoms with Gasteiger partial charge in [-0.3, -0.25) is 9.69 Å². The largest absolute Gasteiger partial charge is 0.379 e. The van der Waals surface area contributed by atoms with Crippen molar-refractivity contribution in [1.29, 1.82) is 0 Å². The van der Waals surface area contributed by atoms with Crippen LogP contribution in [0.15, 0.2) is 29.2 Å². The zero-order valence-electron chi connectivity index (χ0n) is 15.4. The first kappa shape index (κ1) is 22.1. The van der Waals surface area contributed by atoms with E-state index in [0.29, 0.717) is 44.6 Å². The van der Waals surface area contributed by atoms with E-state index in [0.717, 1.165) is 19.6 Å². The third kappa shape index (κ3) is 5.63. The van der Waals surface area contributed by atoms with Gasteiger partial charge in [0.05, 0.1) is 24.7 Å². The van der Waals surface area contributed by atoms with Gasteiger partial charge in [-0.15, -0.1) is 12.4 Å². The van der Waals surface area contributed by atoms with Crippen LogP contribution in [0, 0.1) is 0 Å². The molecule has 2 N–H and O–H groups in total. The van der Waals surface area contributed by atoms with Gasteiger partial charge in [0.1, 0.15) is 0 Å². The number of nitrogens with zero attached hydrogens (tertiary/aromatic N) is 2. The number of hydrogen-bond donors (Lipinski definition) is 2. The molecule has 0 spiro atoms. The molecule has 2 aliphatic rings.